The number of nitrogens with one attached hydrogen (secondary N) is 1. The third kappa shape index (κ3) is 3.06. The number of rotatable bonds is 5. The van der Waals surface area contributed by atoms with Crippen molar-refractivity contribution in [2.45, 2.75) is 19.9 Å². The first kappa shape index (κ1) is 11.6. The molecule has 1 aliphatic heterocycles. The summed E-state index contributed by atoms with van der Waals surface area (Å²) in [5.74, 6) is 0.916. The molecule has 1 N–H and O–H groups in total. The third-order valence-corrected chi connectivity index (χ3v) is 3.49. The number of hydrogen-bond acceptors (Lipinski definition) is 2. The summed E-state index contributed by atoms with van der Waals surface area (Å²) in [6, 6.07) is 8.67. The van der Waals surface area contributed by atoms with Crippen LogP contribution < -0.4 is 5.32 Å². The van der Waals surface area contributed by atoms with Gasteiger partial charge in [-0.15, -0.1) is 0 Å². The van der Waals surface area contributed by atoms with Gasteiger partial charge in [0.05, 0.1) is 0 Å². The van der Waals surface area contributed by atoms with Gasteiger partial charge in [0.2, 0.25) is 0 Å². The molecule has 0 radical (unpaired) electrons. The predicted molar refractivity (Wildman–Crippen MR) is 68.5 cm³/mol. The SMILES string of the molecule is Cc1ccccc1CN(C)CCC1CNC1. The second-order valence-electron chi connectivity index (χ2n) is 4.98. The van der Waals surface area contributed by atoms with E-state index < -0.39 is 0 Å². The molecule has 0 aromatic heterocycles. The van der Waals surface area contributed by atoms with Crippen molar-refractivity contribution in [2.24, 2.45) is 5.92 Å². The molecule has 1 aromatic rings. The number of aryl methyl sites for hydroxylation is 1. The van der Waals surface area contributed by atoms with Crippen molar-refractivity contribution in [2.75, 3.05) is 26.7 Å². The van der Waals surface area contributed by atoms with E-state index in [9.17, 15) is 0 Å². The third-order valence-electron chi connectivity index (χ3n) is 3.49. The first-order valence-corrected chi connectivity index (χ1v) is 6.19. The molecular formula is C14H22N2. The summed E-state index contributed by atoms with van der Waals surface area (Å²) in [7, 11) is 2.22. The summed E-state index contributed by atoms with van der Waals surface area (Å²) in [4.78, 5) is 2.43. The van der Waals surface area contributed by atoms with Crippen LogP contribution in [0.3, 0.4) is 0 Å². The average molecular weight is 218 g/mol. The second kappa shape index (κ2) is 5.46. The number of hydrogen-bond donors (Lipinski definition) is 1. The molecule has 0 saturated carbocycles. The van der Waals surface area contributed by atoms with Crippen molar-refractivity contribution in [3.05, 3.63) is 35.4 Å². The molecule has 0 unspecified atom stereocenters. The molecule has 1 aliphatic rings. The van der Waals surface area contributed by atoms with E-state index in [0.717, 1.165) is 12.5 Å². The lowest BCUT2D eigenvalue weighted by molar-refractivity contribution is 0.252. The highest BCUT2D eigenvalue weighted by Gasteiger charge is 2.16. The van der Waals surface area contributed by atoms with Crippen molar-refractivity contribution in [1.82, 2.24) is 10.2 Å². The Hall–Kier alpha value is -0.860. The van der Waals surface area contributed by atoms with Crippen LogP contribution in [0.15, 0.2) is 24.3 Å². The van der Waals surface area contributed by atoms with Crippen LogP contribution in [0.25, 0.3) is 0 Å². The maximum absolute atomic E-state index is 3.33. The van der Waals surface area contributed by atoms with Crippen molar-refractivity contribution in [3.8, 4) is 0 Å². The van der Waals surface area contributed by atoms with Gasteiger partial charge in [0.1, 0.15) is 0 Å². The van der Waals surface area contributed by atoms with Gasteiger partial charge >= 0.3 is 0 Å². The van der Waals surface area contributed by atoms with Gasteiger partial charge in [-0.25, -0.2) is 0 Å². The molecule has 0 amide bonds. The summed E-state index contributed by atoms with van der Waals surface area (Å²) in [6.07, 6.45) is 1.33. The maximum atomic E-state index is 3.33. The Morgan fingerprint density at radius 3 is 2.69 bits per heavy atom. The minimum Gasteiger partial charge on any atom is -0.316 e. The van der Waals surface area contributed by atoms with E-state index in [2.05, 4.69) is 48.5 Å². The fraction of sp³-hybridized carbons (Fsp3) is 0.571. The normalized spacial score (nSPS) is 16.4. The Morgan fingerprint density at radius 2 is 2.06 bits per heavy atom. The summed E-state index contributed by atoms with van der Waals surface area (Å²) in [5.41, 5.74) is 2.86. The van der Waals surface area contributed by atoms with Gasteiger partial charge in [-0.2, -0.15) is 0 Å². The Kier molecular flexibility index (Phi) is 3.97. The fourth-order valence-electron chi connectivity index (χ4n) is 2.11. The highest BCUT2D eigenvalue weighted by atomic mass is 15.1. The standard InChI is InChI=1S/C14H22N2/c1-12-5-3-4-6-14(12)11-16(2)8-7-13-9-15-10-13/h3-6,13,15H,7-11H2,1-2H3. The van der Waals surface area contributed by atoms with Gasteiger partial charge < -0.3 is 10.2 Å². The molecule has 1 saturated heterocycles. The van der Waals surface area contributed by atoms with Gasteiger partial charge in [0.15, 0.2) is 0 Å². The minimum atomic E-state index is 0.916. The van der Waals surface area contributed by atoms with Crippen LogP contribution in [0, 0.1) is 12.8 Å². The maximum Gasteiger partial charge on any atom is 0.0233 e. The Balaban J connectivity index is 1.77. The largest absolute Gasteiger partial charge is 0.316 e. The van der Waals surface area contributed by atoms with Crippen LogP contribution in [0.1, 0.15) is 17.5 Å². The van der Waals surface area contributed by atoms with Gasteiger partial charge in [0, 0.05) is 6.54 Å². The van der Waals surface area contributed by atoms with E-state index in [1.807, 2.05) is 0 Å². The molecule has 0 bridgehead atoms. The molecule has 88 valence electrons. The molecule has 2 rings (SSSR count). The van der Waals surface area contributed by atoms with Gasteiger partial charge in [-0.3, -0.25) is 0 Å². The highest BCUT2D eigenvalue weighted by molar-refractivity contribution is 5.25. The smallest absolute Gasteiger partial charge is 0.0233 e. The van der Waals surface area contributed by atoms with Crippen LogP contribution in [0.5, 0.6) is 0 Å². The predicted octanol–water partition coefficient (Wildman–Crippen LogP) is 2.04. The zero-order valence-corrected chi connectivity index (χ0v) is 10.4. The molecular weight excluding hydrogens is 196 g/mol. The van der Waals surface area contributed by atoms with Crippen molar-refractivity contribution in [3.63, 3.8) is 0 Å². The summed E-state index contributed by atoms with van der Waals surface area (Å²) in [6.45, 7) is 6.92. The first-order valence-electron chi connectivity index (χ1n) is 6.19. The van der Waals surface area contributed by atoms with Crippen LogP contribution in [-0.2, 0) is 6.54 Å². The number of nitrogens with zero attached hydrogens (tertiary/aromatic N) is 1. The van der Waals surface area contributed by atoms with Crippen molar-refractivity contribution < 1.29 is 0 Å². The van der Waals surface area contributed by atoms with Crippen LogP contribution in [-0.4, -0.2) is 31.6 Å². The van der Waals surface area contributed by atoms with E-state index in [4.69, 9.17) is 0 Å². The molecule has 16 heavy (non-hydrogen) atoms. The van der Waals surface area contributed by atoms with Crippen LogP contribution >= 0.6 is 0 Å². The molecule has 2 heteroatoms. The minimum absolute atomic E-state index is 0.916. The van der Waals surface area contributed by atoms with E-state index in [1.54, 1.807) is 0 Å². The summed E-state index contributed by atoms with van der Waals surface area (Å²) >= 11 is 0. The van der Waals surface area contributed by atoms with Gasteiger partial charge in [-0.1, -0.05) is 24.3 Å². The molecule has 1 aromatic carbocycles. The lowest BCUT2D eigenvalue weighted by Gasteiger charge is -2.29. The molecule has 1 heterocycles. The zero-order valence-electron chi connectivity index (χ0n) is 10.4. The molecule has 0 spiro atoms. The topological polar surface area (TPSA) is 15.3 Å². The molecule has 0 atom stereocenters. The zero-order chi connectivity index (χ0) is 11.4. The van der Waals surface area contributed by atoms with Gasteiger partial charge in [-0.05, 0) is 57.1 Å². The van der Waals surface area contributed by atoms with Gasteiger partial charge in [0.25, 0.3) is 0 Å². The van der Waals surface area contributed by atoms with Crippen LogP contribution in [0.4, 0.5) is 0 Å². The van der Waals surface area contributed by atoms with Crippen LogP contribution in [0.2, 0.25) is 0 Å². The highest BCUT2D eigenvalue weighted by Crippen LogP contribution is 2.12. The van der Waals surface area contributed by atoms with E-state index >= 15 is 0 Å². The molecule has 0 aliphatic carbocycles. The Bertz CT molecular complexity index is 331. The summed E-state index contributed by atoms with van der Waals surface area (Å²) in [5, 5.41) is 3.33. The van der Waals surface area contributed by atoms with E-state index in [1.165, 1.54) is 37.2 Å². The van der Waals surface area contributed by atoms with Crippen molar-refractivity contribution in [1.29, 1.82) is 0 Å². The lowest BCUT2D eigenvalue weighted by atomic mass is 9.99. The average Bonchev–Trinajstić information content (AvgIpc) is 2.19. The molecule has 2 nitrogen and oxygen atoms in total. The lowest BCUT2D eigenvalue weighted by Crippen LogP contribution is -2.43. The second-order valence-corrected chi connectivity index (χ2v) is 4.98. The Labute approximate surface area is 98.7 Å². The fourth-order valence-corrected chi connectivity index (χ4v) is 2.11. The van der Waals surface area contributed by atoms with E-state index in [0.29, 0.717) is 0 Å². The summed E-state index contributed by atoms with van der Waals surface area (Å²) < 4.78 is 0. The first-order chi connectivity index (χ1) is 7.75. The van der Waals surface area contributed by atoms with Crippen molar-refractivity contribution >= 4 is 0 Å². The monoisotopic (exact) mass is 218 g/mol. The quantitative estimate of drug-likeness (QED) is 0.813. The Morgan fingerprint density at radius 1 is 1.31 bits per heavy atom. The molecule has 1 fully saturated rings. The van der Waals surface area contributed by atoms with E-state index in [-0.39, 0.29) is 0 Å². The number of benzene rings is 1.